The molecule has 3 rings (SSSR count). The van der Waals surface area contributed by atoms with E-state index in [4.69, 9.17) is 0 Å². The van der Waals surface area contributed by atoms with Crippen molar-refractivity contribution in [2.24, 2.45) is 0 Å². The molecule has 1 fully saturated rings. The zero-order chi connectivity index (χ0) is 17.5. The first-order valence-corrected chi connectivity index (χ1v) is 10.1. The fourth-order valence-electron chi connectivity index (χ4n) is 2.71. The van der Waals surface area contributed by atoms with E-state index in [0.717, 1.165) is 12.8 Å². The summed E-state index contributed by atoms with van der Waals surface area (Å²) >= 11 is 2.51. The van der Waals surface area contributed by atoms with Gasteiger partial charge in [-0.15, -0.1) is 10.2 Å². The molecule has 0 unspecified atom stereocenters. The number of aromatic nitrogens is 2. The number of hydrogen-bond donors (Lipinski definition) is 2. The normalized spacial score (nSPS) is 14.9. The maximum atomic E-state index is 12.1. The van der Waals surface area contributed by atoms with Crippen molar-refractivity contribution in [1.82, 2.24) is 15.5 Å². The van der Waals surface area contributed by atoms with Crippen molar-refractivity contribution in [2.45, 2.75) is 42.5 Å². The molecule has 132 valence electrons. The summed E-state index contributed by atoms with van der Waals surface area (Å²) in [5.74, 6) is 0.0235. The summed E-state index contributed by atoms with van der Waals surface area (Å²) in [5.41, 5.74) is 0.712. The molecule has 1 aliphatic rings. The van der Waals surface area contributed by atoms with E-state index >= 15 is 0 Å². The van der Waals surface area contributed by atoms with Crippen molar-refractivity contribution in [3.05, 3.63) is 35.3 Å². The minimum atomic E-state index is -0.290. The minimum Gasteiger partial charge on any atom is -0.353 e. The molecule has 0 atom stereocenters. The number of para-hydroxylation sites is 1. The van der Waals surface area contributed by atoms with E-state index in [1.807, 2.05) is 30.3 Å². The predicted molar refractivity (Wildman–Crippen MR) is 100 cm³/mol. The Kier molecular flexibility index (Phi) is 6.41. The lowest BCUT2D eigenvalue weighted by Crippen LogP contribution is -2.37. The highest BCUT2D eigenvalue weighted by Crippen LogP contribution is 2.23. The molecule has 6 nitrogen and oxygen atoms in total. The van der Waals surface area contributed by atoms with Crippen LogP contribution in [0.5, 0.6) is 0 Å². The average molecular weight is 377 g/mol. The summed E-state index contributed by atoms with van der Waals surface area (Å²) in [6.07, 6.45) is 5.78. The monoisotopic (exact) mass is 376 g/mol. The van der Waals surface area contributed by atoms with Crippen molar-refractivity contribution in [2.75, 3.05) is 11.1 Å². The first-order valence-electron chi connectivity index (χ1n) is 8.33. The lowest BCUT2D eigenvalue weighted by molar-refractivity contribution is -0.119. The van der Waals surface area contributed by atoms with E-state index in [1.165, 1.54) is 42.4 Å². The highest BCUT2D eigenvalue weighted by atomic mass is 32.2. The smallest absolute Gasteiger partial charge is 0.286 e. The maximum Gasteiger partial charge on any atom is 0.286 e. The van der Waals surface area contributed by atoms with Gasteiger partial charge in [-0.25, -0.2) is 0 Å². The van der Waals surface area contributed by atoms with Crippen LogP contribution in [0.15, 0.2) is 34.7 Å². The van der Waals surface area contributed by atoms with E-state index in [2.05, 4.69) is 20.8 Å². The second-order valence-electron chi connectivity index (χ2n) is 5.88. The summed E-state index contributed by atoms with van der Waals surface area (Å²) < 4.78 is 0.622. The van der Waals surface area contributed by atoms with Gasteiger partial charge in [-0.1, -0.05) is 60.6 Å². The predicted octanol–water partition coefficient (Wildman–Crippen LogP) is 3.33. The molecule has 0 aliphatic heterocycles. The standard InChI is InChI=1S/C17H20N4O2S2/c22-14(18-12-7-3-1-4-8-12)11-24-17-21-20-16(25-17)15(23)19-13-9-5-2-6-10-13/h2,5-6,9-10,12H,1,3-4,7-8,11H2,(H,18,22)(H,19,23). The molecule has 1 aromatic carbocycles. The molecule has 2 amide bonds. The van der Waals surface area contributed by atoms with Gasteiger partial charge in [-0.05, 0) is 25.0 Å². The van der Waals surface area contributed by atoms with Gasteiger partial charge in [0.15, 0.2) is 4.34 Å². The van der Waals surface area contributed by atoms with E-state index in [-0.39, 0.29) is 11.8 Å². The molecule has 0 saturated heterocycles. The fourth-order valence-corrected chi connectivity index (χ4v) is 4.27. The van der Waals surface area contributed by atoms with Gasteiger partial charge in [-0.3, -0.25) is 9.59 Å². The molecule has 1 aromatic heterocycles. The van der Waals surface area contributed by atoms with Crippen molar-refractivity contribution in [3.8, 4) is 0 Å². The van der Waals surface area contributed by atoms with Gasteiger partial charge in [-0.2, -0.15) is 0 Å². The third-order valence-electron chi connectivity index (χ3n) is 3.93. The molecule has 8 heteroatoms. The van der Waals surface area contributed by atoms with Crippen LogP contribution in [-0.4, -0.2) is 33.8 Å². The van der Waals surface area contributed by atoms with E-state index in [1.54, 1.807) is 0 Å². The quantitative estimate of drug-likeness (QED) is 0.756. The van der Waals surface area contributed by atoms with Gasteiger partial charge in [0.2, 0.25) is 10.9 Å². The number of carbonyl (C=O) groups is 2. The molecule has 1 heterocycles. The lowest BCUT2D eigenvalue weighted by Gasteiger charge is -2.22. The molecule has 1 saturated carbocycles. The van der Waals surface area contributed by atoms with E-state index < -0.39 is 0 Å². The van der Waals surface area contributed by atoms with Crippen LogP contribution < -0.4 is 10.6 Å². The average Bonchev–Trinajstić information content (AvgIpc) is 3.11. The third kappa shape index (κ3) is 5.54. The molecule has 0 spiro atoms. The first kappa shape index (κ1) is 17.9. The Hall–Kier alpha value is -1.93. The Morgan fingerprint density at radius 2 is 1.88 bits per heavy atom. The Balaban J connectivity index is 1.46. The van der Waals surface area contributed by atoms with Crippen LogP contribution >= 0.6 is 23.1 Å². The van der Waals surface area contributed by atoms with Crippen LogP contribution in [0.3, 0.4) is 0 Å². The molecule has 0 bridgehead atoms. The number of rotatable bonds is 6. The van der Waals surface area contributed by atoms with Crippen LogP contribution in [0, 0.1) is 0 Å². The number of benzene rings is 1. The number of hydrogen-bond acceptors (Lipinski definition) is 6. The summed E-state index contributed by atoms with van der Waals surface area (Å²) in [6.45, 7) is 0. The molecule has 2 N–H and O–H groups in total. The molecule has 25 heavy (non-hydrogen) atoms. The van der Waals surface area contributed by atoms with Gasteiger partial charge in [0.1, 0.15) is 0 Å². The number of anilines is 1. The van der Waals surface area contributed by atoms with Gasteiger partial charge in [0.05, 0.1) is 5.75 Å². The van der Waals surface area contributed by atoms with Crippen molar-refractivity contribution in [1.29, 1.82) is 0 Å². The van der Waals surface area contributed by atoms with E-state index in [9.17, 15) is 9.59 Å². The number of thioether (sulfide) groups is 1. The maximum absolute atomic E-state index is 12.1. The van der Waals surface area contributed by atoms with Crippen LogP contribution in [0.2, 0.25) is 0 Å². The SMILES string of the molecule is O=C(CSc1nnc(C(=O)Nc2ccccc2)s1)NC1CCCCC1. The Labute approximate surface area is 154 Å². The summed E-state index contributed by atoms with van der Waals surface area (Å²) in [6, 6.07) is 9.51. The molecule has 2 aromatic rings. The van der Waals surface area contributed by atoms with Crippen molar-refractivity contribution >= 4 is 40.6 Å². The van der Waals surface area contributed by atoms with Crippen molar-refractivity contribution < 1.29 is 9.59 Å². The summed E-state index contributed by atoms with van der Waals surface area (Å²) in [7, 11) is 0. The number of carbonyl (C=O) groups excluding carboxylic acids is 2. The van der Waals surface area contributed by atoms with Crippen LogP contribution in [0.25, 0.3) is 0 Å². The van der Waals surface area contributed by atoms with Crippen LogP contribution in [0.4, 0.5) is 5.69 Å². The number of nitrogens with zero attached hydrogens (tertiary/aromatic N) is 2. The topological polar surface area (TPSA) is 84.0 Å². The number of amides is 2. The Morgan fingerprint density at radius 3 is 2.64 bits per heavy atom. The highest BCUT2D eigenvalue weighted by molar-refractivity contribution is 8.01. The molecular formula is C17H20N4O2S2. The summed E-state index contributed by atoms with van der Waals surface area (Å²) in [4.78, 5) is 24.1. The van der Waals surface area contributed by atoms with Gasteiger partial charge in [0, 0.05) is 11.7 Å². The second kappa shape index (κ2) is 8.96. The first-order chi connectivity index (χ1) is 12.2. The second-order valence-corrected chi connectivity index (χ2v) is 8.08. The van der Waals surface area contributed by atoms with Crippen molar-refractivity contribution in [3.63, 3.8) is 0 Å². The van der Waals surface area contributed by atoms with Gasteiger partial charge >= 0.3 is 0 Å². The summed E-state index contributed by atoms with van der Waals surface area (Å²) in [5, 5.41) is 14.0. The fraction of sp³-hybridized carbons (Fsp3) is 0.412. The third-order valence-corrected chi connectivity index (χ3v) is 5.98. The van der Waals surface area contributed by atoms with Crippen LogP contribution in [-0.2, 0) is 4.79 Å². The van der Waals surface area contributed by atoms with Gasteiger partial charge < -0.3 is 10.6 Å². The molecule has 0 radical (unpaired) electrons. The Morgan fingerprint density at radius 1 is 1.12 bits per heavy atom. The lowest BCUT2D eigenvalue weighted by atomic mass is 9.95. The highest BCUT2D eigenvalue weighted by Gasteiger charge is 2.17. The van der Waals surface area contributed by atoms with Gasteiger partial charge in [0.25, 0.3) is 5.91 Å². The minimum absolute atomic E-state index is 0.0161. The zero-order valence-electron chi connectivity index (χ0n) is 13.7. The molecular weight excluding hydrogens is 356 g/mol. The zero-order valence-corrected chi connectivity index (χ0v) is 15.4. The largest absolute Gasteiger partial charge is 0.353 e. The van der Waals surface area contributed by atoms with E-state index in [0.29, 0.717) is 26.8 Å². The molecule has 1 aliphatic carbocycles. The van der Waals surface area contributed by atoms with Crippen LogP contribution in [0.1, 0.15) is 41.9 Å². The Bertz CT molecular complexity index is 714. The number of nitrogens with one attached hydrogen (secondary N) is 2.